The van der Waals surface area contributed by atoms with Gasteiger partial charge in [-0.2, -0.15) is 8.42 Å². The molecule has 0 saturated carbocycles. The lowest BCUT2D eigenvalue weighted by Gasteiger charge is -2.42. The molecule has 0 aliphatic carbocycles. The van der Waals surface area contributed by atoms with Crippen LogP contribution in [0.25, 0.3) is 0 Å². The predicted octanol–water partition coefficient (Wildman–Crippen LogP) is 8.09. The van der Waals surface area contributed by atoms with E-state index in [9.17, 15) is 13.0 Å². The molecule has 0 bridgehead atoms. The van der Waals surface area contributed by atoms with Gasteiger partial charge in [-0.15, -0.1) is 11.3 Å². The van der Waals surface area contributed by atoms with Gasteiger partial charge in [0.2, 0.25) is 0 Å². The van der Waals surface area contributed by atoms with Gasteiger partial charge in [0.05, 0.1) is 6.61 Å². The zero-order valence-corrected chi connectivity index (χ0v) is 26.5. The molecule has 1 aliphatic heterocycles. The highest BCUT2D eigenvalue weighted by Crippen LogP contribution is 2.36. The SMILES string of the molecule is CCCCCCCCN(CCCCCCCC)C(CCCC)(CCOCC1COc2cscc2O1)S(=O)(=O)O. The molecule has 39 heavy (non-hydrogen) atoms. The van der Waals surface area contributed by atoms with Crippen molar-refractivity contribution in [2.24, 2.45) is 0 Å². The van der Waals surface area contributed by atoms with E-state index in [-0.39, 0.29) is 19.1 Å². The van der Waals surface area contributed by atoms with Crippen LogP contribution in [0, 0.1) is 0 Å². The van der Waals surface area contributed by atoms with Gasteiger partial charge in [0, 0.05) is 23.8 Å². The number of hydrogen-bond donors (Lipinski definition) is 1. The van der Waals surface area contributed by atoms with Gasteiger partial charge in [-0.05, 0) is 32.4 Å². The molecule has 0 saturated heterocycles. The molecule has 2 unspecified atom stereocenters. The van der Waals surface area contributed by atoms with Gasteiger partial charge in [-0.1, -0.05) is 97.8 Å². The van der Waals surface area contributed by atoms with Crippen molar-refractivity contribution >= 4 is 21.5 Å². The summed E-state index contributed by atoms with van der Waals surface area (Å²) in [6.07, 6.45) is 15.8. The molecule has 2 heterocycles. The van der Waals surface area contributed by atoms with Gasteiger partial charge < -0.3 is 14.2 Å². The number of unbranched alkanes of at least 4 members (excludes halogenated alkanes) is 11. The monoisotopic (exact) mass is 589 g/mol. The summed E-state index contributed by atoms with van der Waals surface area (Å²) >= 11 is 1.54. The van der Waals surface area contributed by atoms with Crippen LogP contribution in [0.3, 0.4) is 0 Å². The largest absolute Gasteiger partial charge is 0.485 e. The van der Waals surface area contributed by atoms with Crippen LogP contribution in [0.5, 0.6) is 11.5 Å². The third-order valence-electron chi connectivity index (χ3n) is 7.79. The number of ether oxygens (including phenoxy) is 3. The number of nitrogens with zero attached hydrogens (tertiary/aromatic N) is 1. The molecule has 2 rings (SSSR count). The molecule has 0 radical (unpaired) electrons. The Morgan fingerprint density at radius 1 is 0.872 bits per heavy atom. The van der Waals surface area contributed by atoms with Crippen molar-refractivity contribution < 1.29 is 27.2 Å². The number of hydrogen-bond acceptors (Lipinski definition) is 7. The highest BCUT2D eigenvalue weighted by atomic mass is 32.2. The highest BCUT2D eigenvalue weighted by Gasteiger charge is 2.47. The van der Waals surface area contributed by atoms with E-state index in [2.05, 4.69) is 25.7 Å². The van der Waals surface area contributed by atoms with Crippen LogP contribution in [0.2, 0.25) is 0 Å². The van der Waals surface area contributed by atoms with Gasteiger partial charge in [0.25, 0.3) is 10.1 Å². The Bertz CT molecular complexity index is 845. The zero-order valence-electron chi connectivity index (χ0n) is 24.8. The van der Waals surface area contributed by atoms with Crippen molar-refractivity contribution in [3.8, 4) is 11.5 Å². The Kier molecular flexibility index (Phi) is 17.0. The highest BCUT2D eigenvalue weighted by molar-refractivity contribution is 7.87. The van der Waals surface area contributed by atoms with Crippen molar-refractivity contribution in [2.75, 3.05) is 32.9 Å². The Hall–Kier alpha value is -0.870. The molecule has 7 nitrogen and oxygen atoms in total. The molecule has 2 atom stereocenters. The molecule has 0 aromatic carbocycles. The van der Waals surface area contributed by atoms with E-state index in [1.165, 1.54) is 62.7 Å². The fourth-order valence-corrected chi connectivity index (χ4v) is 7.31. The predicted molar refractivity (Wildman–Crippen MR) is 162 cm³/mol. The Balaban J connectivity index is 2.05. The van der Waals surface area contributed by atoms with E-state index < -0.39 is 15.0 Å². The minimum Gasteiger partial charge on any atom is -0.485 e. The van der Waals surface area contributed by atoms with E-state index in [1.807, 2.05) is 10.8 Å². The molecule has 0 amide bonds. The average Bonchev–Trinajstić information content (AvgIpc) is 3.38. The molecule has 1 aliphatic rings. The summed E-state index contributed by atoms with van der Waals surface area (Å²) in [5, 5.41) is 3.83. The summed E-state index contributed by atoms with van der Waals surface area (Å²) in [4.78, 5) is 0.777. The van der Waals surface area contributed by atoms with Crippen molar-refractivity contribution in [3.63, 3.8) is 0 Å². The fourth-order valence-electron chi connectivity index (χ4n) is 5.39. The first-order valence-electron chi connectivity index (χ1n) is 15.5. The van der Waals surface area contributed by atoms with Crippen LogP contribution in [-0.4, -0.2) is 61.8 Å². The maximum atomic E-state index is 13.2. The second kappa shape index (κ2) is 19.3. The normalized spacial score (nSPS) is 17.0. The fraction of sp³-hybridized carbons (Fsp3) is 0.867. The van der Waals surface area contributed by atoms with Crippen molar-refractivity contribution in [1.82, 2.24) is 4.90 Å². The van der Waals surface area contributed by atoms with Crippen LogP contribution in [-0.2, 0) is 14.9 Å². The molecule has 1 aromatic heterocycles. The standard InChI is InChI=1S/C30H55NO6S2/c1-4-7-10-12-14-16-20-31(21-17-15-13-11-8-5-2)30(18-9-6-3,39(32,33)34)19-22-35-23-27-24-36-28-25-38-26-29(28)37-27/h25-27H,4-24H2,1-3H3,(H,32,33,34). The molecule has 0 spiro atoms. The second-order valence-corrected chi connectivity index (χ2v) is 13.5. The summed E-state index contributed by atoms with van der Waals surface area (Å²) < 4.78 is 54.7. The van der Waals surface area contributed by atoms with Gasteiger partial charge in [-0.3, -0.25) is 9.45 Å². The van der Waals surface area contributed by atoms with Gasteiger partial charge in [-0.25, -0.2) is 0 Å². The first-order chi connectivity index (χ1) is 18.9. The van der Waals surface area contributed by atoms with E-state index in [1.54, 1.807) is 0 Å². The summed E-state index contributed by atoms with van der Waals surface area (Å²) in [6, 6.07) is 0. The maximum Gasteiger partial charge on any atom is 0.284 e. The van der Waals surface area contributed by atoms with Gasteiger partial charge >= 0.3 is 0 Å². The molecular formula is C30H55NO6S2. The lowest BCUT2D eigenvalue weighted by molar-refractivity contribution is -0.00187. The second-order valence-electron chi connectivity index (χ2n) is 11.0. The number of thiophene rings is 1. The minimum atomic E-state index is -4.35. The van der Waals surface area contributed by atoms with Crippen molar-refractivity contribution in [2.45, 2.75) is 134 Å². The van der Waals surface area contributed by atoms with Crippen molar-refractivity contribution in [3.05, 3.63) is 10.8 Å². The molecule has 9 heteroatoms. The molecule has 0 fully saturated rings. The minimum absolute atomic E-state index is 0.231. The van der Waals surface area contributed by atoms with Crippen LogP contribution in [0.4, 0.5) is 0 Å². The first-order valence-corrected chi connectivity index (χ1v) is 17.9. The van der Waals surface area contributed by atoms with E-state index in [4.69, 9.17) is 14.2 Å². The smallest absolute Gasteiger partial charge is 0.284 e. The van der Waals surface area contributed by atoms with Crippen LogP contribution < -0.4 is 9.47 Å². The zero-order chi connectivity index (χ0) is 28.4. The maximum absolute atomic E-state index is 13.2. The van der Waals surface area contributed by atoms with Crippen molar-refractivity contribution in [1.29, 1.82) is 0 Å². The first kappa shape index (κ1) is 34.3. The van der Waals surface area contributed by atoms with Gasteiger partial charge in [0.15, 0.2) is 22.5 Å². The summed E-state index contributed by atoms with van der Waals surface area (Å²) in [5.41, 5.74) is 0. The topological polar surface area (TPSA) is 85.3 Å². The third-order valence-corrected chi connectivity index (χ3v) is 10.1. The quantitative estimate of drug-likeness (QED) is 0.0963. The Labute approximate surface area is 242 Å². The van der Waals surface area contributed by atoms with Gasteiger partial charge in [0.1, 0.15) is 6.61 Å². The molecule has 228 valence electrons. The van der Waals surface area contributed by atoms with Crippen LogP contribution >= 0.6 is 11.3 Å². The van der Waals surface area contributed by atoms with Crippen LogP contribution in [0.1, 0.15) is 124 Å². The molecule has 1 N–H and O–H groups in total. The Morgan fingerprint density at radius 3 is 2.03 bits per heavy atom. The third kappa shape index (κ3) is 11.9. The van der Waals surface area contributed by atoms with E-state index >= 15 is 0 Å². The number of fused-ring (bicyclic) bond motifs is 1. The van der Waals surface area contributed by atoms with Crippen LogP contribution in [0.15, 0.2) is 10.8 Å². The molecule has 1 aromatic rings. The molecular weight excluding hydrogens is 534 g/mol. The average molecular weight is 590 g/mol. The lowest BCUT2D eigenvalue weighted by atomic mass is 10.0. The Morgan fingerprint density at radius 2 is 1.44 bits per heavy atom. The lowest BCUT2D eigenvalue weighted by Crippen LogP contribution is -2.55. The van der Waals surface area contributed by atoms with E-state index in [0.717, 1.165) is 50.0 Å². The summed E-state index contributed by atoms with van der Waals surface area (Å²) in [6.45, 7) is 8.83. The summed E-state index contributed by atoms with van der Waals surface area (Å²) in [7, 11) is -4.35. The van der Waals surface area contributed by atoms with E-state index in [0.29, 0.717) is 32.7 Å². The number of rotatable bonds is 24. The summed E-state index contributed by atoms with van der Waals surface area (Å²) in [5.74, 6) is 1.50.